The summed E-state index contributed by atoms with van der Waals surface area (Å²) in [5.41, 5.74) is 3.75. The van der Waals surface area contributed by atoms with Crippen molar-refractivity contribution in [1.29, 1.82) is 0 Å². The number of benzene rings is 3. The van der Waals surface area contributed by atoms with Crippen molar-refractivity contribution in [3.8, 4) is 11.5 Å². The maximum absolute atomic E-state index is 12.7. The molecule has 1 aliphatic heterocycles. The number of methoxy groups -OCH3 is 1. The van der Waals surface area contributed by atoms with E-state index >= 15 is 0 Å². The number of ether oxygens (including phenoxy) is 1. The highest BCUT2D eigenvalue weighted by molar-refractivity contribution is 6.02. The van der Waals surface area contributed by atoms with Crippen molar-refractivity contribution < 1.29 is 19.4 Å². The lowest BCUT2D eigenvalue weighted by atomic mass is 9.95. The second kappa shape index (κ2) is 9.51. The summed E-state index contributed by atoms with van der Waals surface area (Å²) in [6, 6.07) is 18.1. The van der Waals surface area contributed by atoms with Gasteiger partial charge in [-0.15, -0.1) is 0 Å². The zero-order chi connectivity index (χ0) is 22.5. The second-order valence-electron chi connectivity index (χ2n) is 7.75. The number of hydrogen-bond donors (Lipinski definition) is 2. The van der Waals surface area contributed by atoms with Gasteiger partial charge in [0.2, 0.25) is 5.91 Å². The van der Waals surface area contributed by atoms with E-state index in [0.29, 0.717) is 42.8 Å². The maximum atomic E-state index is 12.7. The molecule has 2 N–H and O–H groups in total. The van der Waals surface area contributed by atoms with Gasteiger partial charge in [0.25, 0.3) is 5.91 Å². The summed E-state index contributed by atoms with van der Waals surface area (Å²) in [4.78, 5) is 27.0. The molecule has 0 saturated carbocycles. The molecule has 1 aliphatic rings. The Hall–Kier alpha value is -3.87. The highest BCUT2D eigenvalue weighted by Gasteiger charge is 2.27. The van der Waals surface area contributed by atoms with Gasteiger partial charge in [-0.1, -0.05) is 30.3 Å². The number of phenols is 1. The van der Waals surface area contributed by atoms with Gasteiger partial charge in [-0.05, 0) is 53.9 Å². The van der Waals surface area contributed by atoms with Gasteiger partial charge in [0.1, 0.15) is 11.5 Å². The standard InChI is InChI=1S/C25H25N3O4/c1-32-20-9-6-19(7-10-20)25(31)28-14-12-18(13-15-28)24(30)27-26-16-22-21-5-3-2-4-17(21)8-11-23(22)29/h2-11,16,18,29H,12-15H2,1H3,(H,27,30)/b26-16-. The molecule has 4 rings (SSSR count). The Labute approximate surface area is 186 Å². The van der Waals surface area contributed by atoms with Crippen molar-refractivity contribution in [2.75, 3.05) is 20.2 Å². The summed E-state index contributed by atoms with van der Waals surface area (Å²) in [5, 5.41) is 16.1. The molecule has 0 bridgehead atoms. The van der Waals surface area contributed by atoms with Crippen LogP contribution in [0, 0.1) is 5.92 Å². The number of amides is 2. The lowest BCUT2D eigenvalue weighted by molar-refractivity contribution is -0.126. The molecule has 1 saturated heterocycles. The number of fused-ring (bicyclic) bond motifs is 1. The van der Waals surface area contributed by atoms with Crippen LogP contribution in [0.15, 0.2) is 65.8 Å². The van der Waals surface area contributed by atoms with Crippen molar-refractivity contribution in [2.45, 2.75) is 12.8 Å². The first-order chi connectivity index (χ1) is 15.6. The number of likely N-dealkylation sites (tertiary alicyclic amines) is 1. The monoisotopic (exact) mass is 431 g/mol. The van der Waals surface area contributed by atoms with Crippen LogP contribution in [0.4, 0.5) is 0 Å². The quantitative estimate of drug-likeness (QED) is 0.477. The molecule has 0 aliphatic carbocycles. The molecule has 7 heteroatoms. The normalized spacial score (nSPS) is 14.6. The highest BCUT2D eigenvalue weighted by atomic mass is 16.5. The molecule has 0 atom stereocenters. The maximum Gasteiger partial charge on any atom is 0.253 e. The molecule has 1 heterocycles. The van der Waals surface area contributed by atoms with Gasteiger partial charge in [0.05, 0.1) is 13.3 Å². The Morgan fingerprint density at radius 2 is 1.78 bits per heavy atom. The molecular formula is C25H25N3O4. The Bertz CT molecular complexity index is 1150. The van der Waals surface area contributed by atoms with Gasteiger partial charge in [-0.3, -0.25) is 9.59 Å². The highest BCUT2D eigenvalue weighted by Crippen LogP contribution is 2.25. The third-order valence-electron chi connectivity index (χ3n) is 5.81. The van der Waals surface area contributed by atoms with Crippen LogP contribution >= 0.6 is 0 Å². The van der Waals surface area contributed by atoms with Crippen LogP contribution in [-0.2, 0) is 4.79 Å². The van der Waals surface area contributed by atoms with Crippen LogP contribution < -0.4 is 10.2 Å². The molecule has 0 unspecified atom stereocenters. The van der Waals surface area contributed by atoms with Gasteiger partial charge in [-0.2, -0.15) is 5.10 Å². The summed E-state index contributed by atoms with van der Waals surface area (Å²) in [7, 11) is 1.58. The average molecular weight is 431 g/mol. The van der Waals surface area contributed by atoms with E-state index in [2.05, 4.69) is 10.5 Å². The van der Waals surface area contributed by atoms with Crippen LogP contribution in [0.3, 0.4) is 0 Å². The minimum absolute atomic E-state index is 0.0454. The number of rotatable bonds is 5. The van der Waals surface area contributed by atoms with Crippen molar-refractivity contribution >= 4 is 28.8 Å². The molecule has 0 spiro atoms. The number of aromatic hydroxyl groups is 1. The van der Waals surface area contributed by atoms with E-state index in [1.165, 1.54) is 6.21 Å². The average Bonchev–Trinajstić information content (AvgIpc) is 2.85. The minimum Gasteiger partial charge on any atom is -0.507 e. The number of hydrogen-bond acceptors (Lipinski definition) is 5. The molecular weight excluding hydrogens is 406 g/mol. The number of carbonyl (C=O) groups excluding carboxylic acids is 2. The predicted octanol–water partition coefficient (Wildman–Crippen LogP) is 3.56. The summed E-state index contributed by atoms with van der Waals surface area (Å²) in [6.45, 7) is 1.02. The topological polar surface area (TPSA) is 91.2 Å². The molecule has 3 aromatic rings. The van der Waals surface area contributed by atoms with E-state index in [9.17, 15) is 14.7 Å². The first-order valence-electron chi connectivity index (χ1n) is 10.5. The van der Waals surface area contributed by atoms with Gasteiger partial charge in [-0.25, -0.2) is 5.43 Å². The molecule has 2 amide bonds. The van der Waals surface area contributed by atoms with Crippen molar-refractivity contribution in [3.63, 3.8) is 0 Å². The van der Waals surface area contributed by atoms with E-state index in [1.807, 2.05) is 30.3 Å². The summed E-state index contributed by atoms with van der Waals surface area (Å²) in [5.74, 6) is 0.364. The zero-order valence-electron chi connectivity index (χ0n) is 17.8. The number of hydrazone groups is 1. The Kier molecular flexibility index (Phi) is 6.35. The molecule has 32 heavy (non-hydrogen) atoms. The molecule has 0 radical (unpaired) electrons. The van der Waals surface area contributed by atoms with E-state index < -0.39 is 0 Å². The van der Waals surface area contributed by atoms with Gasteiger partial charge in [0, 0.05) is 30.1 Å². The van der Waals surface area contributed by atoms with Crippen LogP contribution in [0.25, 0.3) is 10.8 Å². The van der Waals surface area contributed by atoms with Crippen molar-refractivity contribution in [3.05, 3.63) is 71.8 Å². The van der Waals surface area contributed by atoms with Crippen LogP contribution in [0.2, 0.25) is 0 Å². The third-order valence-corrected chi connectivity index (χ3v) is 5.81. The van der Waals surface area contributed by atoms with Crippen LogP contribution in [0.1, 0.15) is 28.8 Å². The van der Waals surface area contributed by atoms with Crippen LogP contribution in [-0.4, -0.2) is 48.2 Å². The summed E-state index contributed by atoms with van der Waals surface area (Å²) in [6.07, 6.45) is 2.61. The van der Waals surface area contributed by atoms with Gasteiger partial charge in [0.15, 0.2) is 0 Å². The molecule has 7 nitrogen and oxygen atoms in total. The largest absolute Gasteiger partial charge is 0.507 e. The smallest absolute Gasteiger partial charge is 0.253 e. The minimum atomic E-state index is -0.215. The van der Waals surface area contributed by atoms with Gasteiger partial charge < -0.3 is 14.7 Å². The molecule has 0 aromatic heterocycles. The van der Waals surface area contributed by atoms with E-state index in [4.69, 9.17) is 4.74 Å². The predicted molar refractivity (Wildman–Crippen MR) is 123 cm³/mol. The fourth-order valence-corrected chi connectivity index (χ4v) is 3.93. The fraction of sp³-hybridized carbons (Fsp3) is 0.240. The SMILES string of the molecule is COc1ccc(C(=O)N2CCC(C(=O)N/N=C\c3c(O)ccc4ccccc34)CC2)cc1. The van der Waals surface area contributed by atoms with Crippen molar-refractivity contribution in [2.24, 2.45) is 11.0 Å². The lowest BCUT2D eigenvalue weighted by Crippen LogP contribution is -2.42. The zero-order valence-corrected chi connectivity index (χ0v) is 17.8. The summed E-state index contributed by atoms with van der Waals surface area (Å²) < 4.78 is 5.13. The number of piperidine rings is 1. The first-order valence-corrected chi connectivity index (χ1v) is 10.5. The molecule has 3 aromatic carbocycles. The lowest BCUT2D eigenvalue weighted by Gasteiger charge is -2.31. The van der Waals surface area contributed by atoms with E-state index in [1.54, 1.807) is 42.3 Å². The van der Waals surface area contributed by atoms with Crippen LogP contribution in [0.5, 0.6) is 11.5 Å². The molecule has 1 fully saturated rings. The van der Waals surface area contributed by atoms with Crippen molar-refractivity contribution in [1.82, 2.24) is 10.3 Å². The number of carbonyl (C=O) groups is 2. The number of nitrogens with one attached hydrogen (secondary N) is 1. The van der Waals surface area contributed by atoms with E-state index in [0.717, 1.165) is 10.8 Å². The Balaban J connectivity index is 1.33. The summed E-state index contributed by atoms with van der Waals surface area (Å²) >= 11 is 0. The first kappa shape index (κ1) is 21.4. The van der Waals surface area contributed by atoms with Gasteiger partial charge >= 0.3 is 0 Å². The Morgan fingerprint density at radius 1 is 1.06 bits per heavy atom. The second-order valence-corrected chi connectivity index (χ2v) is 7.75. The molecule has 164 valence electrons. The third kappa shape index (κ3) is 4.56. The fourth-order valence-electron chi connectivity index (χ4n) is 3.93. The Morgan fingerprint density at radius 3 is 2.50 bits per heavy atom. The number of nitrogens with zero attached hydrogens (tertiary/aromatic N) is 2. The van der Waals surface area contributed by atoms with E-state index in [-0.39, 0.29) is 23.5 Å². The number of phenolic OH excluding ortho intramolecular Hbond substituents is 1.